The summed E-state index contributed by atoms with van der Waals surface area (Å²) in [5, 5.41) is 2.87. The highest BCUT2D eigenvalue weighted by molar-refractivity contribution is 6.05. The second kappa shape index (κ2) is 6.09. The molecule has 122 valence electrons. The summed E-state index contributed by atoms with van der Waals surface area (Å²) in [6.45, 7) is 0. The number of aromatic amines is 1. The number of imidazole rings is 1. The second-order valence-corrected chi connectivity index (χ2v) is 5.61. The minimum Gasteiger partial charge on any atom is -0.399 e. The SMILES string of the molecule is Nc1cccc(C(=O)Nc2ccc3nc(-c4ccccn4)[nH]c3c2)c1. The Morgan fingerprint density at radius 3 is 2.76 bits per heavy atom. The number of anilines is 2. The zero-order chi connectivity index (χ0) is 17.2. The maximum atomic E-state index is 12.3. The van der Waals surface area contributed by atoms with Crippen molar-refractivity contribution in [3.63, 3.8) is 0 Å². The summed E-state index contributed by atoms with van der Waals surface area (Å²) in [6.07, 6.45) is 1.72. The largest absolute Gasteiger partial charge is 0.399 e. The third-order valence-corrected chi connectivity index (χ3v) is 3.80. The van der Waals surface area contributed by atoms with Crippen molar-refractivity contribution < 1.29 is 4.79 Å². The van der Waals surface area contributed by atoms with Crippen LogP contribution in [0.15, 0.2) is 66.9 Å². The molecule has 2 aromatic heterocycles. The van der Waals surface area contributed by atoms with Gasteiger partial charge in [0, 0.05) is 23.1 Å². The van der Waals surface area contributed by atoms with Gasteiger partial charge in [-0.3, -0.25) is 9.78 Å². The molecule has 0 bridgehead atoms. The van der Waals surface area contributed by atoms with E-state index in [9.17, 15) is 4.79 Å². The van der Waals surface area contributed by atoms with Gasteiger partial charge in [0.25, 0.3) is 5.91 Å². The van der Waals surface area contributed by atoms with Crippen molar-refractivity contribution in [3.05, 3.63) is 72.4 Å². The minimum absolute atomic E-state index is 0.212. The molecule has 2 aromatic carbocycles. The molecule has 25 heavy (non-hydrogen) atoms. The summed E-state index contributed by atoms with van der Waals surface area (Å²) in [5.41, 5.74) is 9.87. The molecule has 4 N–H and O–H groups in total. The number of nitrogens with two attached hydrogens (primary N) is 1. The molecule has 0 aliphatic carbocycles. The maximum Gasteiger partial charge on any atom is 0.255 e. The number of carbonyl (C=O) groups is 1. The van der Waals surface area contributed by atoms with Gasteiger partial charge in [-0.05, 0) is 48.5 Å². The molecule has 0 aliphatic heterocycles. The van der Waals surface area contributed by atoms with Crippen LogP contribution in [-0.4, -0.2) is 20.9 Å². The van der Waals surface area contributed by atoms with Crippen LogP contribution in [0.1, 0.15) is 10.4 Å². The predicted molar refractivity (Wildman–Crippen MR) is 98.1 cm³/mol. The Kier molecular flexibility index (Phi) is 3.63. The lowest BCUT2D eigenvalue weighted by atomic mass is 10.2. The molecule has 0 unspecified atom stereocenters. The molecule has 0 radical (unpaired) electrons. The van der Waals surface area contributed by atoms with Crippen molar-refractivity contribution in [2.24, 2.45) is 0 Å². The number of pyridine rings is 1. The highest BCUT2D eigenvalue weighted by Crippen LogP contribution is 2.22. The number of benzene rings is 2. The number of hydrogen-bond donors (Lipinski definition) is 3. The van der Waals surface area contributed by atoms with Crippen LogP contribution in [0.5, 0.6) is 0 Å². The predicted octanol–water partition coefficient (Wildman–Crippen LogP) is 3.46. The summed E-state index contributed by atoms with van der Waals surface area (Å²) < 4.78 is 0. The van der Waals surface area contributed by atoms with Crippen LogP contribution in [0, 0.1) is 0 Å². The molecule has 2 heterocycles. The van der Waals surface area contributed by atoms with Gasteiger partial charge in [-0.1, -0.05) is 12.1 Å². The Balaban J connectivity index is 1.62. The van der Waals surface area contributed by atoms with E-state index in [0.29, 0.717) is 22.8 Å². The quantitative estimate of drug-likeness (QED) is 0.501. The summed E-state index contributed by atoms with van der Waals surface area (Å²) in [5.74, 6) is 0.478. The van der Waals surface area contributed by atoms with Crippen molar-refractivity contribution >= 4 is 28.3 Å². The first-order valence-corrected chi connectivity index (χ1v) is 7.77. The van der Waals surface area contributed by atoms with E-state index in [1.807, 2.05) is 36.4 Å². The minimum atomic E-state index is -0.212. The number of H-pyrrole nitrogens is 1. The van der Waals surface area contributed by atoms with Gasteiger partial charge in [-0.2, -0.15) is 0 Å². The zero-order valence-corrected chi connectivity index (χ0v) is 13.2. The second-order valence-electron chi connectivity index (χ2n) is 5.61. The number of aromatic nitrogens is 3. The van der Waals surface area contributed by atoms with Gasteiger partial charge in [0.05, 0.1) is 11.0 Å². The fourth-order valence-corrected chi connectivity index (χ4v) is 2.59. The Morgan fingerprint density at radius 1 is 1.04 bits per heavy atom. The molecule has 0 aliphatic rings. The number of fused-ring (bicyclic) bond motifs is 1. The van der Waals surface area contributed by atoms with Crippen LogP contribution in [0.25, 0.3) is 22.6 Å². The number of nitrogens with zero attached hydrogens (tertiary/aromatic N) is 2. The summed E-state index contributed by atoms with van der Waals surface area (Å²) in [4.78, 5) is 24.4. The molecule has 0 saturated carbocycles. The van der Waals surface area contributed by atoms with E-state index in [4.69, 9.17) is 5.73 Å². The summed E-state index contributed by atoms with van der Waals surface area (Å²) in [7, 11) is 0. The first-order valence-electron chi connectivity index (χ1n) is 7.77. The van der Waals surface area contributed by atoms with E-state index in [2.05, 4.69) is 20.3 Å². The average molecular weight is 329 g/mol. The number of amides is 1. The molecule has 6 heteroatoms. The first kappa shape index (κ1) is 14.9. The molecule has 0 saturated heterocycles. The molecule has 4 rings (SSSR count). The molecule has 0 fully saturated rings. The van der Waals surface area contributed by atoms with Crippen LogP contribution in [-0.2, 0) is 0 Å². The Bertz CT molecular complexity index is 1060. The fourth-order valence-electron chi connectivity index (χ4n) is 2.59. The van der Waals surface area contributed by atoms with Crippen LogP contribution in [0.4, 0.5) is 11.4 Å². The van der Waals surface area contributed by atoms with Crippen molar-refractivity contribution in [1.82, 2.24) is 15.0 Å². The number of rotatable bonds is 3. The topological polar surface area (TPSA) is 96.7 Å². The summed E-state index contributed by atoms with van der Waals surface area (Å²) >= 11 is 0. The molecule has 6 nitrogen and oxygen atoms in total. The van der Waals surface area contributed by atoms with E-state index in [0.717, 1.165) is 16.7 Å². The van der Waals surface area contributed by atoms with Gasteiger partial charge >= 0.3 is 0 Å². The first-order chi connectivity index (χ1) is 12.2. The smallest absolute Gasteiger partial charge is 0.255 e. The van der Waals surface area contributed by atoms with Crippen molar-refractivity contribution in [2.75, 3.05) is 11.1 Å². The molecule has 1 amide bonds. The molecule has 0 spiro atoms. The lowest BCUT2D eigenvalue weighted by Crippen LogP contribution is -2.12. The van der Waals surface area contributed by atoms with Gasteiger partial charge in [-0.25, -0.2) is 4.98 Å². The van der Waals surface area contributed by atoms with Gasteiger partial charge in [0.1, 0.15) is 5.69 Å². The number of nitrogen functional groups attached to an aromatic ring is 1. The molecule has 4 aromatic rings. The Labute approximate surface area is 143 Å². The monoisotopic (exact) mass is 329 g/mol. The lowest BCUT2D eigenvalue weighted by molar-refractivity contribution is 0.102. The highest BCUT2D eigenvalue weighted by Gasteiger charge is 2.09. The molecular formula is C19H15N5O. The van der Waals surface area contributed by atoms with Crippen LogP contribution < -0.4 is 11.1 Å². The van der Waals surface area contributed by atoms with Gasteiger partial charge in [0.2, 0.25) is 0 Å². The summed E-state index contributed by atoms with van der Waals surface area (Å²) in [6, 6.07) is 18.0. The van der Waals surface area contributed by atoms with Crippen LogP contribution >= 0.6 is 0 Å². The number of carbonyl (C=O) groups excluding carboxylic acids is 1. The van der Waals surface area contributed by atoms with E-state index in [-0.39, 0.29) is 5.91 Å². The van der Waals surface area contributed by atoms with Gasteiger partial charge in [0.15, 0.2) is 5.82 Å². The van der Waals surface area contributed by atoms with Crippen LogP contribution in [0.3, 0.4) is 0 Å². The van der Waals surface area contributed by atoms with Crippen LogP contribution in [0.2, 0.25) is 0 Å². The Hall–Kier alpha value is -3.67. The molecular weight excluding hydrogens is 314 g/mol. The van der Waals surface area contributed by atoms with E-state index < -0.39 is 0 Å². The van der Waals surface area contributed by atoms with E-state index in [1.165, 1.54) is 0 Å². The van der Waals surface area contributed by atoms with Crippen molar-refractivity contribution in [3.8, 4) is 11.5 Å². The lowest BCUT2D eigenvalue weighted by Gasteiger charge is -2.05. The third kappa shape index (κ3) is 3.05. The number of hydrogen-bond acceptors (Lipinski definition) is 4. The van der Waals surface area contributed by atoms with E-state index in [1.54, 1.807) is 30.5 Å². The zero-order valence-electron chi connectivity index (χ0n) is 13.2. The van der Waals surface area contributed by atoms with Crippen molar-refractivity contribution in [1.29, 1.82) is 0 Å². The molecule has 0 atom stereocenters. The number of nitrogens with one attached hydrogen (secondary N) is 2. The third-order valence-electron chi connectivity index (χ3n) is 3.80. The van der Waals surface area contributed by atoms with E-state index >= 15 is 0 Å². The van der Waals surface area contributed by atoms with Gasteiger partial charge < -0.3 is 16.0 Å². The normalized spacial score (nSPS) is 10.7. The average Bonchev–Trinajstić information content (AvgIpc) is 3.06. The fraction of sp³-hybridized carbons (Fsp3) is 0. The standard InChI is InChI=1S/C19H15N5O/c20-13-5-3-4-12(10-13)19(25)22-14-7-8-15-17(11-14)24-18(23-15)16-6-1-2-9-21-16/h1-11H,20H2,(H,22,25)(H,23,24). The maximum absolute atomic E-state index is 12.3. The van der Waals surface area contributed by atoms with Crippen molar-refractivity contribution in [2.45, 2.75) is 0 Å². The Morgan fingerprint density at radius 2 is 1.96 bits per heavy atom. The highest BCUT2D eigenvalue weighted by atomic mass is 16.1. The van der Waals surface area contributed by atoms with Gasteiger partial charge in [-0.15, -0.1) is 0 Å².